The summed E-state index contributed by atoms with van der Waals surface area (Å²) >= 11 is 4.70. The van der Waals surface area contributed by atoms with Gasteiger partial charge in [-0.2, -0.15) is 0 Å². The number of urea groups is 1. The van der Waals surface area contributed by atoms with Crippen molar-refractivity contribution in [3.05, 3.63) is 50.6 Å². The Balaban J connectivity index is 2.01. The van der Waals surface area contributed by atoms with Gasteiger partial charge in [0.15, 0.2) is 0 Å². The number of benzene rings is 1. The zero-order valence-corrected chi connectivity index (χ0v) is 14.8. The Kier molecular flexibility index (Phi) is 4.50. The molecule has 0 aliphatic carbocycles. The van der Waals surface area contributed by atoms with Gasteiger partial charge in [-0.3, -0.25) is 14.9 Å². The molecule has 8 heteroatoms. The number of nitrogens with zero attached hydrogens (tertiary/aromatic N) is 1. The van der Waals surface area contributed by atoms with E-state index in [2.05, 4.69) is 21.2 Å². The largest absolute Gasteiger partial charge is 0.497 e. The number of ether oxygens (including phenoxy) is 1. The summed E-state index contributed by atoms with van der Waals surface area (Å²) in [5, 5.41) is 2.18. The molecule has 1 N–H and O–H groups in total. The lowest BCUT2D eigenvalue weighted by Crippen LogP contribution is -2.54. The van der Waals surface area contributed by atoms with Gasteiger partial charge in [-0.05, 0) is 46.3 Å². The van der Waals surface area contributed by atoms with E-state index in [4.69, 9.17) is 4.74 Å². The summed E-state index contributed by atoms with van der Waals surface area (Å²) in [6.45, 7) is 0. The van der Waals surface area contributed by atoms with Crippen molar-refractivity contribution in [2.24, 2.45) is 0 Å². The molecule has 0 radical (unpaired) electrons. The topological polar surface area (TPSA) is 75.7 Å². The number of hydrogen-bond acceptors (Lipinski definition) is 5. The van der Waals surface area contributed by atoms with Gasteiger partial charge in [-0.25, -0.2) is 9.69 Å². The standard InChI is InChI=1S/C16H11BrN2O4S/c1-23-10-4-2-3-9(7-10)19-15(21)12(14(20)18-16(19)22)8-11-5-6-13(17)24-11/h2-8H,1H3,(H,18,20,22)/b12-8+. The minimum Gasteiger partial charge on any atom is -0.497 e. The van der Waals surface area contributed by atoms with Crippen LogP contribution < -0.4 is 15.0 Å². The van der Waals surface area contributed by atoms with E-state index in [0.29, 0.717) is 11.4 Å². The Labute approximate surface area is 149 Å². The van der Waals surface area contributed by atoms with Crippen LogP contribution in [0.4, 0.5) is 10.5 Å². The predicted octanol–water partition coefficient (Wildman–Crippen LogP) is 3.19. The summed E-state index contributed by atoms with van der Waals surface area (Å²) in [6.07, 6.45) is 1.46. The van der Waals surface area contributed by atoms with Gasteiger partial charge in [0.25, 0.3) is 11.8 Å². The molecule has 1 aromatic carbocycles. The molecule has 0 atom stereocenters. The van der Waals surface area contributed by atoms with Crippen LogP contribution in [-0.4, -0.2) is 25.0 Å². The maximum atomic E-state index is 12.7. The van der Waals surface area contributed by atoms with E-state index in [1.54, 1.807) is 30.3 Å². The van der Waals surface area contributed by atoms with E-state index in [9.17, 15) is 14.4 Å². The predicted molar refractivity (Wildman–Crippen MR) is 94.0 cm³/mol. The molecule has 3 rings (SSSR count). The molecule has 0 spiro atoms. The molecule has 4 amide bonds. The summed E-state index contributed by atoms with van der Waals surface area (Å²) in [5.74, 6) is -0.895. The highest BCUT2D eigenvalue weighted by Crippen LogP contribution is 2.28. The number of imide groups is 2. The van der Waals surface area contributed by atoms with Crippen LogP contribution in [0.15, 0.2) is 45.8 Å². The van der Waals surface area contributed by atoms with Crippen LogP contribution in [0.5, 0.6) is 5.75 Å². The quantitative estimate of drug-likeness (QED) is 0.627. The smallest absolute Gasteiger partial charge is 0.335 e. The first-order chi connectivity index (χ1) is 11.5. The lowest BCUT2D eigenvalue weighted by atomic mass is 10.1. The fraction of sp³-hybridized carbons (Fsp3) is 0.0625. The second kappa shape index (κ2) is 6.58. The van der Waals surface area contributed by atoms with Crippen LogP contribution in [0.2, 0.25) is 0 Å². The van der Waals surface area contributed by atoms with E-state index in [-0.39, 0.29) is 5.57 Å². The fourth-order valence-corrected chi connectivity index (χ4v) is 3.56. The van der Waals surface area contributed by atoms with Gasteiger partial charge < -0.3 is 4.74 Å². The molecular formula is C16H11BrN2O4S. The molecule has 24 heavy (non-hydrogen) atoms. The monoisotopic (exact) mass is 406 g/mol. The number of anilines is 1. The Morgan fingerprint density at radius 3 is 2.67 bits per heavy atom. The Morgan fingerprint density at radius 1 is 1.21 bits per heavy atom. The molecule has 2 heterocycles. The summed E-state index contributed by atoms with van der Waals surface area (Å²) in [7, 11) is 1.49. The van der Waals surface area contributed by atoms with Crippen molar-refractivity contribution < 1.29 is 19.1 Å². The van der Waals surface area contributed by atoms with Crippen molar-refractivity contribution in [1.29, 1.82) is 0 Å². The highest BCUT2D eigenvalue weighted by atomic mass is 79.9. The van der Waals surface area contributed by atoms with Crippen LogP contribution >= 0.6 is 27.3 Å². The molecule has 1 aliphatic rings. The van der Waals surface area contributed by atoms with Crippen molar-refractivity contribution in [2.75, 3.05) is 12.0 Å². The van der Waals surface area contributed by atoms with E-state index in [0.717, 1.165) is 13.6 Å². The third-order valence-corrected chi connectivity index (χ3v) is 4.86. The number of carbonyl (C=O) groups is 3. The molecule has 1 fully saturated rings. The molecular weight excluding hydrogens is 396 g/mol. The van der Waals surface area contributed by atoms with Gasteiger partial charge in [0.1, 0.15) is 11.3 Å². The second-order valence-corrected chi connectivity index (χ2v) is 7.30. The van der Waals surface area contributed by atoms with Crippen molar-refractivity contribution in [2.45, 2.75) is 0 Å². The Morgan fingerprint density at radius 2 is 2.00 bits per heavy atom. The first-order valence-electron chi connectivity index (χ1n) is 6.80. The number of carbonyl (C=O) groups excluding carboxylic acids is 3. The SMILES string of the molecule is COc1cccc(N2C(=O)NC(=O)/C(=C\c3ccc(Br)s3)C2=O)c1. The third kappa shape index (κ3) is 3.10. The minimum atomic E-state index is -0.789. The average Bonchev–Trinajstić information content (AvgIpc) is 2.96. The molecule has 1 saturated heterocycles. The molecule has 0 bridgehead atoms. The number of halogens is 1. The van der Waals surface area contributed by atoms with Crippen LogP contribution in [0.3, 0.4) is 0 Å². The van der Waals surface area contributed by atoms with E-state index < -0.39 is 17.8 Å². The normalized spacial score (nSPS) is 16.5. The second-order valence-electron chi connectivity index (χ2n) is 4.80. The Hall–Kier alpha value is -2.45. The van der Waals surface area contributed by atoms with Gasteiger partial charge in [-0.15, -0.1) is 11.3 Å². The lowest BCUT2D eigenvalue weighted by Gasteiger charge is -2.26. The zero-order valence-electron chi connectivity index (χ0n) is 12.4. The third-order valence-electron chi connectivity index (χ3n) is 3.29. The average molecular weight is 407 g/mol. The van der Waals surface area contributed by atoms with Crippen molar-refractivity contribution in [3.63, 3.8) is 0 Å². The number of thiophene rings is 1. The Bertz CT molecular complexity index is 874. The van der Waals surface area contributed by atoms with Crippen molar-refractivity contribution in [1.82, 2.24) is 5.32 Å². The van der Waals surface area contributed by atoms with E-state index in [1.807, 2.05) is 6.07 Å². The number of hydrogen-bond donors (Lipinski definition) is 1. The van der Waals surface area contributed by atoms with Crippen LogP contribution in [-0.2, 0) is 9.59 Å². The molecule has 1 aliphatic heterocycles. The summed E-state index contributed by atoms with van der Waals surface area (Å²) in [5.41, 5.74) is 0.217. The number of rotatable bonds is 3. The summed E-state index contributed by atoms with van der Waals surface area (Å²) in [4.78, 5) is 38.5. The first-order valence-corrected chi connectivity index (χ1v) is 8.41. The number of nitrogens with one attached hydrogen (secondary N) is 1. The van der Waals surface area contributed by atoms with Gasteiger partial charge >= 0.3 is 6.03 Å². The summed E-state index contributed by atoms with van der Waals surface area (Å²) < 4.78 is 5.98. The van der Waals surface area contributed by atoms with E-state index >= 15 is 0 Å². The van der Waals surface area contributed by atoms with Crippen LogP contribution in [0.1, 0.15) is 4.88 Å². The molecule has 2 aromatic rings. The maximum Gasteiger partial charge on any atom is 0.335 e. The number of amides is 4. The highest BCUT2D eigenvalue weighted by Gasteiger charge is 2.37. The van der Waals surface area contributed by atoms with Gasteiger partial charge in [0, 0.05) is 10.9 Å². The lowest BCUT2D eigenvalue weighted by molar-refractivity contribution is -0.122. The number of methoxy groups -OCH3 is 1. The molecule has 122 valence electrons. The van der Waals surface area contributed by atoms with Gasteiger partial charge in [0.05, 0.1) is 16.6 Å². The first kappa shape index (κ1) is 16.4. The minimum absolute atomic E-state index is 0.105. The van der Waals surface area contributed by atoms with Crippen LogP contribution in [0, 0.1) is 0 Å². The van der Waals surface area contributed by atoms with Crippen LogP contribution in [0.25, 0.3) is 6.08 Å². The van der Waals surface area contributed by atoms with Crippen molar-refractivity contribution >= 4 is 56.9 Å². The molecule has 6 nitrogen and oxygen atoms in total. The molecule has 0 saturated carbocycles. The van der Waals surface area contributed by atoms with Crippen molar-refractivity contribution in [3.8, 4) is 5.75 Å². The molecule has 0 unspecified atom stereocenters. The maximum absolute atomic E-state index is 12.7. The molecule has 1 aromatic heterocycles. The zero-order chi connectivity index (χ0) is 17.3. The number of barbiturate groups is 1. The fourth-order valence-electron chi connectivity index (χ4n) is 2.19. The highest BCUT2D eigenvalue weighted by molar-refractivity contribution is 9.11. The van der Waals surface area contributed by atoms with Gasteiger partial charge in [-0.1, -0.05) is 6.07 Å². The summed E-state index contributed by atoms with van der Waals surface area (Å²) in [6, 6.07) is 9.29. The van der Waals surface area contributed by atoms with E-state index in [1.165, 1.54) is 24.5 Å². The van der Waals surface area contributed by atoms with Gasteiger partial charge in [0.2, 0.25) is 0 Å².